The first-order valence-corrected chi connectivity index (χ1v) is 4.33. The smallest absolute Gasteiger partial charge is 0.157 e. The maximum atomic E-state index is 11.0. The number of allylic oxidation sites excluding steroid dienone is 2. The third-order valence-electron chi connectivity index (χ3n) is 1.91. The predicted octanol–water partition coefficient (Wildman–Crippen LogP) is 0.594. The Balaban J connectivity index is 2.45. The third-order valence-corrected chi connectivity index (χ3v) is 1.91. The van der Waals surface area contributed by atoms with Crippen molar-refractivity contribution in [3.8, 4) is 0 Å². The van der Waals surface area contributed by atoms with Gasteiger partial charge < -0.3 is 10.4 Å². The van der Waals surface area contributed by atoms with Gasteiger partial charge in [0.05, 0.1) is 6.61 Å². The van der Waals surface area contributed by atoms with Gasteiger partial charge in [0.15, 0.2) is 5.78 Å². The van der Waals surface area contributed by atoms with Crippen molar-refractivity contribution >= 4 is 5.78 Å². The van der Waals surface area contributed by atoms with Crippen LogP contribution in [0.2, 0.25) is 0 Å². The lowest BCUT2D eigenvalue weighted by Gasteiger charge is -2.18. The maximum absolute atomic E-state index is 11.0. The fourth-order valence-electron chi connectivity index (χ4n) is 1.27. The summed E-state index contributed by atoms with van der Waals surface area (Å²) in [5, 5.41) is 11.8. The van der Waals surface area contributed by atoms with Crippen molar-refractivity contribution in [1.82, 2.24) is 5.32 Å². The number of ketones is 1. The van der Waals surface area contributed by atoms with Crippen molar-refractivity contribution in [2.24, 2.45) is 0 Å². The second kappa shape index (κ2) is 4.26. The quantitative estimate of drug-likeness (QED) is 0.650. The van der Waals surface area contributed by atoms with Gasteiger partial charge >= 0.3 is 0 Å². The molecule has 0 spiro atoms. The van der Waals surface area contributed by atoms with E-state index in [0.29, 0.717) is 6.42 Å². The molecule has 1 atom stereocenters. The number of hydrogen-bond acceptors (Lipinski definition) is 3. The molecule has 0 bridgehead atoms. The van der Waals surface area contributed by atoms with E-state index in [9.17, 15) is 4.79 Å². The first-order chi connectivity index (χ1) is 5.72. The molecule has 0 saturated carbocycles. The highest BCUT2D eigenvalue weighted by atomic mass is 16.3. The molecule has 0 amide bonds. The molecule has 1 aliphatic carbocycles. The summed E-state index contributed by atoms with van der Waals surface area (Å²) in [6.07, 6.45) is 4.17. The van der Waals surface area contributed by atoms with Crippen LogP contribution < -0.4 is 5.32 Å². The van der Waals surface area contributed by atoms with Crippen LogP contribution in [-0.4, -0.2) is 23.5 Å². The van der Waals surface area contributed by atoms with Gasteiger partial charge in [0.25, 0.3) is 0 Å². The number of hydrogen-bond donors (Lipinski definition) is 2. The van der Waals surface area contributed by atoms with Gasteiger partial charge in [0.2, 0.25) is 0 Å². The number of nitrogens with one attached hydrogen (secondary N) is 1. The summed E-state index contributed by atoms with van der Waals surface area (Å²) in [6.45, 7) is 1.99. The number of aliphatic hydroxyl groups excluding tert-OH is 1. The lowest BCUT2D eigenvalue weighted by Crippen LogP contribution is -2.30. The van der Waals surface area contributed by atoms with Gasteiger partial charge in [-0.25, -0.2) is 0 Å². The normalized spacial score (nSPS) is 20.2. The molecule has 2 N–H and O–H groups in total. The average molecular weight is 169 g/mol. The molecule has 1 aliphatic rings. The van der Waals surface area contributed by atoms with Gasteiger partial charge in [-0.15, -0.1) is 0 Å². The number of carbonyl (C=O) groups is 1. The molecule has 0 aromatic rings. The lowest BCUT2D eigenvalue weighted by molar-refractivity contribution is -0.115. The van der Waals surface area contributed by atoms with Gasteiger partial charge in [0.1, 0.15) is 0 Å². The molecule has 0 heterocycles. The fraction of sp³-hybridized carbons (Fsp3) is 0.667. The van der Waals surface area contributed by atoms with E-state index in [1.807, 2.05) is 6.92 Å². The molecular weight excluding hydrogens is 154 g/mol. The zero-order chi connectivity index (χ0) is 8.97. The first-order valence-electron chi connectivity index (χ1n) is 4.33. The molecule has 1 rings (SSSR count). The van der Waals surface area contributed by atoms with E-state index >= 15 is 0 Å². The molecule has 12 heavy (non-hydrogen) atoms. The van der Waals surface area contributed by atoms with Crippen LogP contribution in [0.5, 0.6) is 0 Å². The van der Waals surface area contributed by atoms with Gasteiger partial charge in [-0.2, -0.15) is 0 Å². The zero-order valence-electron chi connectivity index (χ0n) is 7.34. The maximum Gasteiger partial charge on any atom is 0.157 e. The fourth-order valence-corrected chi connectivity index (χ4v) is 1.27. The Hall–Kier alpha value is -0.830. The molecule has 0 aromatic carbocycles. The molecule has 0 fully saturated rings. The summed E-state index contributed by atoms with van der Waals surface area (Å²) in [7, 11) is 0. The first kappa shape index (κ1) is 9.26. The summed E-state index contributed by atoms with van der Waals surface area (Å²) < 4.78 is 0. The average Bonchev–Trinajstić information content (AvgIpc) is 2.04. The molecule has 1 unspecified atom stereocenters. The van der Waals surface area contributed by atoms with Gasteiger partial charge in [-0.05, 0) is 19.8 Å². The van der Waals surface area contributed by atoms with Crippen LogP contribution in [0.1, 0.15) is 26.2 Å². The van der Waals surface area contributed by atoms with Crippen molar-refractivity contribution in [2.75, 3.05) is 6.61 Å². The Kier molecular flexibility index (Phi) is 3.29. The Morgan fingerprint density at radius 2 is 2.42 bits per heavy atom. The van der Waals surface area contributed by atoms with E-state index in [1.54, 1.807) is 6.08 Å². The highest BCUT2D eigenvalue weighted by Gasteiger charge is 2.10. The Labute approximate surface area is 72.5 Å². The lowest BCUT2D eigenvalue weighted by atomic mass is 10.0. The van der Waals surface area contributed by atoms with Crippen LogP contribution in [0.15, 0.2) is 11.8 Å². The molecule has 0 saturated heterocycles. The van der Waals surface area contributed by atoms with Crippen molar-refractivity contribution in [1.29, 1.82) is 0 Å². The highest BCUT2D eigenvalue weighted by Crippen LogP contribution is 2.12. The second-order valence-corrected chi connectivity index (χ2v) is 3.22. The van der Waals surface area contributed by atoms with Crippen LogP contribution >= 0.6 is 0 Å². The van der Waals surface area contributed by atoms with Crippen molar-refractivity contribution in [2.45, 2.75) is 32.2 Å². The molecule has 3 nitrogen and oxygen atoms in total. The predicted molar refractivity (Wildman–Crippen MR) is 46.6 cm³/mol. The minimum Gasteiger partial charge on any atom is -0.394 e. The van der Waals surface area contributed by atoms with E-state index < -0.39 is 0 Å². The Bertz CT molecular complexity index is 199. The van der Waals surface area contributed by atoms with E-state index in [-0.39, 0.29) is 18.4 Å². The van der Waals surface area contributed by atoms with Crippen molar-refractivity contribution in [3.63, 3.8) is 0 Å². The second-order valence-electron chi connectivity index (χ2n) is 3.22. The molecule has 0 aromatic heterocycles. The van der Waals surface area contributed by atoms with E-state index in [0.717, 1.165) is 18.5 Å². The molecule has 68 valence electrons. The summed E-state index contributed by atoms with van der Waals surface area (Å²) >= 11 is 0. The highest BCUT2D eigenvalue weighted by molar-refractivity contribution is 5.91. The van der Waals surface area contributed by atoms with Gasteiger partial charge in [-0.1, -0.05) is 0 Å². The largest absolute Gasteiger partial charge is 0.394 e. The topological polar surface area (TPSA) is 49.3 Å². The number of carbonyl (C=O) groups excluding carboxylic acids is 1. The van der Waals surface area contributed by atoms with Gasteiger partial charge in [0, 0.05) is 24.2 Å². The summed E-state index contributed by atoms with van der Waals surface area (Å²) in [5.41, 5.74) is 0.966. The molecule has 0 radical (unpaired) electrons. The number of rotatable bonds is 3. The molecule has 3 heteroatoms. The van der Waals surface area contributed by atoms with Crippen LogP contribution in [0.4, 0.5) is 0 Å². The Morgan fingerprint density at radius 3 is 3.00 bits per heavy atom. The number of aliphatic hydroxyl groups is 1. The summed E-state index contributed by atoms with van der Waals surface area (Å²) in [5.74, 6) is 0.189. The van der Waals surface area contributed by atoms with Crippen molar-refractivity contribution in [3.05, 3.63) is 11.8 Å². The SMILES string of the molecule is CC(CO)NC1=CC(=O)CCC1. The third kappa shape index (κ3) is 2.66. The van der Waals surface area contributed by atoms with E-state index in [2.05, 4.69) is 5.32 Å². The van der Waals surface area contributed by atoms with Crippen LogP contribution in [0.25, 0.3) is 0 Å². The van der Waals surface area contributed by atoms with Crippen LogP contribution in [-0.2, 0) is 4.79 Å². The molecular formula is C9H15NO2. The van der Waals surface area contributed by atoms with E-state index in [4.69, 9.17) is 5.11 Å². The van der Waals surface area contributed by atoms with Gasteiger partial charge in [-0.3, -0.25) is 4.79 Å². The van der Waals surface area contributed by atoms with Crippen LogP contribution in [0.3, 0.4) is 0 Å². The van der Waals surface area contributed by atoms with E-state index in [1.165, 1.54) is 0 Å². The monoisotopic (exact) mass is 169 g/mol. The standard InChI is InChI=1S/C9H15NO2/c1-7(6-11)10-8-3-2-4-9(12)5-8/h5,7,10-11H,2-4,6H2,1H3. The minimum absolute atomic E-state index is 0.0437. The summed E-state index contributed by atoms with van der Waals surface area (Å²) in [6, 6.07) is 0.0437. The zero-order valence-corrected chi connectivity index (χ0v) is 7.34. The van der Waals surface area contributed by atoms with Crippen molar-refractivity contribution < 1.29 is 9.90 Å². The Morgan fingerprint density at radius 1 is 1.67 bits per heavy atom. The molecule has 0 aliphatic heterocycles. The van der Waals surface area contributed by atoms with Crippen LogP contribution in [0, 0.1) is 0 Å². The summed E-state index contributed by atoms with van der Waals surface area (Å²) in [4.78, 5) is 11.0. The minimum atomic E-state index is 0.0437.